The minimum absolute atomic E-state index is 0.0477. The van der Waals surface area contributed by atoms with Gasteiger partial charge in [0.25, 0.3) is 0 Å². The molecular weight excluding hydrogens is 316 g/mol. The maximum Gasteiger partial charge on any atom is 0.240 e. The van der Waals surface area contributed by atoms with Gasteiger partial charge in [0.1, 0.15) is 5.82 Å². The van der Waals surface area contributed by atoms with Crippen molar-refractivity contribution in [1.29, 1.82) is 0 Å². The molecule has 0 saturated carbocycles. The Hall–Kier alpha value is -2.05. The van der Waals surface area contributed by atoms with Gasteiger partial charge >= 0.3 is 0 Å². The van der Waals surface area contributed by atoms with Crippen LogP contribution in [0.1, 0.15) is 24.4 Å². The number of carbonyl (C=O) groups is 1. The fourth-order valence-electron chi connectivity index (χ4n) is 3.84. The summed E-state index contributed by atoms with van der Waals surface area (Å²) in [5.41, 5.74) is 1.97. The number of carbonyl (C=O) groups excluding carboxylic acids is 1. The van der Waals surface area contributed by atoms with Gasteiger partial charge in [-0.3, -0.25) is 9.69 Å². The number of hydrogen-bond donors (Lipinski definition) is 0. The topological polar surface area (TPSA) is 58.6 Å². The average molecular weight is 340 g/mol. The molecule has 4 rings (SSSR count). The quantitative estimate of drug-likeness (QED) is 0.852. The number of benzene rings is 1. The van der Waals surface area contributed by atoms with E-state index in [2.05, 4.69) is 16.0 Å². The summed E-state index contributed by atoms with van der Waals surface area (Å²) in [6, 6.07) is 8.03. The molecule has 3 heterocycles. The molecule has 132 valence electrons. The van der Waals surface area contributed by atoms with E-state index >= 15 is 0 Å². The highest BCUT2D eigenvalue weighted by atomic mass is 16.5. The monoisotopic (exact) mass is 340 g/mol. The van der Waals surface area contributed by atoms with Gasteiger partial charge in [-0.2, -0.15) is 0 Å². The molecule has 0 unspecified atom stereocenters. The predicted octanol–water partition coefficient (Wildman–Crippen LogP) is 1.76. The maximum atomic E-state index is 12.9. The molecule has 0 aliphatic carbocycles. The molecule has 2 fully saturated rings. The Morgan fingerprint density at radius 1 is 1.20 bits per heavy atom. The lowest BCUT2D eigenvalue weighted by molar-refractivity contribution is -0.140. The molecule has 6 heteroatoms. The van der Waals surface area contributed by atoms with E-state index in [0.717, 1.165) is 41.8 Å². The summed E-state index contributed by atoms with van der Waals surface area (Å²) in [6.45, 7) is 6.27. The van der Waals surface area contributed by atoms with Crippen molar-refractivity contribution in [1.82, 2.24) is 19.8 Å². The number of fused-ring (bicyclic) bond motifs is 1. The van der Waals surface area contributed by atoms with Crippen LogP contribution in [0.4, 0.5) is 0 Å². The molecule has 6 nitrogen and oxygen atoms in total. The maximum absolute atomic E-state index is 12.9. The fraction of sp³-hybridized carbons (Fsp3) is 0.526. The minimum Gasteiger partial charge on any atom is -0.378 e. The van der Waals surface area contributed by atoms with Crippen LogP contribution < -0.4 is 0 Å². The molecule has 2 aliphatic heterocycles. The number of aromatic nitrogens is 2. The Morgan fingerprint density at radius 3 is 2.84 bits per heavy atom. The van der Waals surface area contributed by atoms with Crippen LogP contribution in [0.2, 0.25) is 0 Å². The molecule has 1 amide bonds. The molecule has 2 aliphatic rings. The zero-order valence-electron chi connectivity index (χ0n) is 14.6. The summed E-state index contributed by atoms with van der Waals surface area (Å²) in [5.74, 6) is 1.04. The Kier molecular flexibility index (Phi) is 4.63. The Balaban J connectivity index is 1.52. The number of likely N-dealkylation sites (tertiary alicyclic amines) is 1. The van der Waals surface area contributed by atoms with Crippen molar-refractivity contribution in [2.24, 2.45) is 0 Å². The Bertz CT molecular complexity index is 773. The van der Waals surface area contributed by atoms with Gasteiger partial charge in [0, 0.05) is 24.2 Å². The summed E-state index contributed by atoms with van der Waals surface area (Å²) in [4.78, 5) is 26.4. The second kappa shape index (κ2) is 7.06. The molecular formula is C19H24N4O2. The highest BCUT2D eigenvalue weighted by molar-refractivity contribution is 5.82. The fourth-order valence-corrected chi connectivity index (χ4v) is 3.84. The summed E-state index contributed by atoms with van der Waals surface area (Å²) in [5, 5.41) is 1.09. The number of amides is 1. The molecule has 1 aromatic heterocycles. The van der Waals surface area contributed by atoms with Crippen LogP contribution in [0.3, 0.4) is 0 Å². The van der Waals surface area contributed by atoms with Crippen LogP contribution in [0.25, 0.3) is 10.9 Å². The van der Waals surface area contributed by atoms with Gasteiger partial charge in [-0.25, -0.2) is 9.97 Å². The number of aryl methyl sites for hydroxylation is 1. The molecule has 0 radical (unpaired) electrons. The highest BCUT2D eigenvalue weighted by Gasteiger charge is 2.34. The van der Waals surface area contributed by atoms with E-state index in [1.165, 1.54) is 0 Å². The van der Waals surface area contributed by atoms with Gasteiger partial charge in [-0.1, -0.05) is 18.2 Å². The first-order chi connectivity index (χ1) is 12.2. The van der Waals surface area contributed by atoms with Crippen molar-refractivity contribution < 1.29 is 9.53 Å². The van der Waals surface area contributed by atoms with Crippen molar-refractivity contribution in [3.8, 4) is 0 Å². The van der Waals surface area contributed by atoms with E-state index in [0.29, 0.717) is 32.8 Å². The number of morpholine rings is 1. The minimum atomic E-state index is -0.0477. The summed E-state index contributed by atoms with van der Waals surface area (Å²) < 4.78 is 5.36. The number of rotatable bonds is 3. The Morgan fingerprint density at radius 2 is 2.00 bits per heavy atom. The second-order valence-corrected chi connectivity index (χ2v) is 6.81. The number of nitrogens with zero attached hydrogens (tertiary/aromatic N) is 4. The van der Waals surface area contributed by atoms with E-state index in [1.807, 2.05) is 30.0 Å². The third-order valence-corrected chi connectivity index (χ3v) is 5.16. The molecule has 0 N–H and O–H groups in total. The molecule has 2 saturated heterocycles. The zero-order valence-corrected chi connectivity index (χ0v) is 14.6. The van der Waals surface area contributed by atoms with Gasteiger partial charge in [0.05, 0.1) is 31.3 Å². The molecule has 2 aromatic rings. The average Bonchev–Trinajstić information content (AvgIpc) is 3.10. The molecule has 1 atom stereocenters. The molecule has 25 heavy (non-hydrogen) atoms. The number of hydrogen-bond acceptors (Lipinski definition) is 5. The molecule has 1 aromatic carbocycles. The van der Waals surface area contributed by atoms with Gasteiger partial charge in [0.15, 0.2) is 0 Å². The van der Waals surface area contributed by atoms with Crippen molar-refractivity contribution >= 4 is 16.8 Å². The van der Waals surface area contributed by atoms with Crippen LogP contribution in [0.5, 0.6) is 0 Å². The van der Waals surface area contributed by atoms with E-state index in [4.69, 9.17) is 9.72 Å². The first-order valence-corrected chi connectivity index (χ1v) is 9.05. The van der Waals surface area contributed by atoms with Gasteiger partial charge in [-0.15, -0.1) is 0 Å². The van der Waals surface area contributed by atoms with Crippen LogP contribution >= 0.6 is 0 Å². The second-order valence-electron chi connectivity index (χ2n) is 6.81. The third kappa shape index (κ3) is 3.37. The standard InChI is InChI=1S/C19H24N4O2/c1-14-15-5-2-3-6-16(15)21-18(20-14)13-23-8-4-7-17(23)19(24)22-9-11-25-12-10-22/h2-3,5-6,17H,4,7-13H2,1H3/t17-/m0/s1. The SMILES string of the molecule is Cc1nc(CN2CCC[C@H]2C(=O)N2CCOCC2)nc2ccccc12. The lowest BCUT2D eigenvalue weighted by atomic mass is 10.1. The van der Waals surface area contributed by atoms with Gasteiger partial charge in [-0.05, 0) is 32.4 Å². The third-order valence-electron chi connectivity index (χ3n) is 5.16. The summed E-state index contributed by atoms with van der Waals surface area (Å²) >= 11 is 0. The van der Waals surface area contributed by atoms with E-state index in [1.54, 1.807) is 0 Å². The highest BCUT2D eigenvalue weighted by Crippen LogP contribution is 2.23. The normalized spacial score (nSPS) is 21.8. The predicted molar refractivity (Wildman–Crippen MR) is 95.1 cm³/mol. The van der Waals surface area contributed by atoms with Crippen molar-refractivity contribution in [3.05, 3.63) is 35.8 Å². The summed E-state index contributed by atoms with van der Waals surface area (Å²) in [7, 11) is 0. The largest absolute Gasteiger partial charge is 0.378 e. The Labute approximate surface area is 147 Å². The smallest absolute Gasteiger partial charge is 0.240 e. The van der Waals surface area contributed by atoms with Crippen molar-refractivity contribution in [2.75, 3.05) is 32.8 Å². The van der Waals surface area contributed by atoms with Crippen molar-refractivity contribution in [2.45, 2.75) is 32.4 Å². The van der Waals surface area contributed by atoms with E-state index < -0.39 is 0 Å². The summed E-state index contributed by atoms with van der Waals surface area (Å²) in [6.07, 6.45) is 1.97. The first-order valence-electron chi connectivity index (χ1n) is 9.05. The van der Waals surface area contributed by atoms with Crippen LogP contribution in [0, 0.1) is 6.92 Å². The number of ether oxygens (including phenoxy) is 1. The molecule has 0 spiro atoms. The first kappa shape index (κ1) is 16.4. The van der Waals surface area contributed by atoms with Crippen LogP contribution in [-0.2, 0) is 16.1 Å². The molecule has 0 bridgehead atoms. The van der Waals surface area contributed by atoms with E-state index in [9.17, 15) is 4.79 Å². The van der Waals surface area contributed by atoms with Crippen LogP contribution in [0.15, 0.2) is 24.3 Å². The van der Waals surface area contributed by atoms with Crippen molar-refractivity contribution in [3.63, 3.8) is 0 Å². The van der Waals surface area contributed by atoms with Crippen LogP contribution in [-0.4, -0.2) is 64.6 Å². The zero-order chi connectivity index (χ0) is 17.2. The van der Waals surface area contributed by atoms with Gasteiger partial charge < -0.3 is 9.64 Å². The number of para-hydroxylation sites is 1. The lowest BCUT2D eigenvalue weighted by Gasteiger charge is -2.32. The lowest BCUT2D eigenvalue weighted by Crippen LogP contribution is -2.49. The van der Waals surface area contributed by atoms with E-state index in [-0.39, 0.29) is 11.9 Å². The van der Waals surface area contributed by atoms with Gasteiger partial charge in [0.2, 0.25) is 5.91 Å².